The Bertz CT molecular complexity index is 660. The maximum Gasteiger partial charge on any atom is 0.324 e. The predicted octanol–water partition coefficient (Wildman–Crippen LogP) is 2.63. The summed E-state index contributed by atoms with van der Waals surface area (Å²) in [6.07, 6.45) is 5.39. The minimum absolute atomic E-state index is 0.0468. The van der Waals surface area contributed by atoms with Gasteiger partial charge in [0, 0.05) is 23.5 Å². The summed E-state index contributed by atoms with van der Waals surface area (Å²) >= 11 is 6.11. The molecule has 1 saturated heterocycles. The highest BCUT2D eigenvalue weighted by Crippen LogP contribution is 2.41. The lowest BCUT2D eigenvalue weighted by Crippen LogP contribution is -2.55. The van der Waals surface area contributed by atoms with Crippen LogP contribution in [0.5, 0.6) is 0 Å². The highest BCUT2D eigenvalue weighted by molar-refractivity contribution is 6.30. The number of fused-ring (bicyclic) bond motifs is 1. The average Bonchev–Trinajstić information content (AvgIpc) is 3.24. The predicted molar refractivity (Wildman–Crippen MR) is 103 cm³/mol. The molecular formula is C19H27BClN2O3. The van der Waals surface area contributed by atoms with Gasteiger partial charge in [-0.2, -0.15) is 0 Å². The Hall–Kier alpha value is -1.08. The van der Waals surface area contributed by atoms with Crippen LogP contribution >= 0.6 is 11.6 Å². The van der Waals surface area contributed by atoms with Gasteiger partial charge in [0.25, 0.3) is 7.48 Å². The molecule has 0 amide bonds. The number of rotatable bonds is 8. The molecule has 5 nitrogen and oxygen atoms in total. The van der Waals surface area contributed by atoms with Crippen molar-refractivity contribution < 1.29 is 14.9 Å². The highest BCUT2D eigenvalue weighted by Gasteiger charge is 2.46. The van der Waals surface area contributed by atoms with Gasteiger partial charge in [-0.15, -0.1) is 0 Å². The summed E-state index contributed by atoms with van der Waals surface area (Å²) in [5.41, 5.74) is 7.83. The SMILES string of the molecule is NC(CCCC[B]O)(C(=O)O)C1CCN(C2CCc3cc(Cl)ccc32)C1. The Labute approximate surface area is 160 Å². The summed E-state index contributed by atoms with van der Waals surface area (Å²) in [5, 5.41) is 19.3. The van der Waals surface area contributed by atoms with Crippen molar-refractivity contribution >= 4 is 25.1 Å². The molecule has 3 unspecified atom stereocenters. The third kappa shape index (κ3) is 3.93. The van der Waals surface area contributed by atoms with Gasteiger partial charge in [0.15, 0.2) is 0 Å². The number of aryl methyl sites for hydroxylation is 1. The molecule has 1 radical (unpaired) electrons. The van der Waals surface area contributed by atoms with Crippen LogP contribution in [0.25, 0.3) is 0 Å². The van der Waals surface area contributed by atoms with Crippen molar-refractivity contribution in [1.82, 2.24) is 4.90 Å². The number of benzene rings is 1. The molecule has 1 fully saturated rings. The largest absolute Gasteiger partial charge is 0.480 e. The molecule has 2 aliphatic rings. The van der Waals surface area contributed by atoms with Crippen LogP contribution in [0.15, 0.2) is 18.2 Å². The maximum absolute atomic E-state index is 11.9. The van der Waals surface area contributed by atoms with Crippen molar-refractivity contribution in [3.63, 3.8) is 0 Å². The Morgan fingerprint density at radius 1 is 1.38 bits per heavy atom. The lowest BCUT2D eigenvalue weighted by molar-refractivity contribution is -0.146. The Kier molecular flexibility index (Phi) is 6.28. The van der Waals surface area contributed by atoms with Crippen LogP contribution < -0.4 is 5.73 Å². The Balaban J connectivity index is 1.66. The summed E-state index contributed by atoms with van der Waals surface area (Å²) in [6, 6.07) is 6.44. The topological polar surface area (TPSA) is 86.8 Å². The molecule has 0 bridgehead atoms. The van der Waals surface area contributed by atoms with Crippen molar-refractivity contribution in [3.05, 3.63) is 34.3 Å². The first-order chi connectivity index (χ1) is 12.5. The number of halogens is 1. The molecule has 0 aromatic heterocycles. The molecule has 4 N–H and O–H groups in total. The van der Waals surface area contributed by atoms with E-state index in [1.165, 1.54) is 11.1 Å². The van der Waals surface area contributed by atoms with Crippen molar-refractivity contribution in [2.75, 3.05) is 13.1 Å². The zero-order chi connectivity index (χ0) is 18.7. The van der Waals surface area contributed by atoms with Gasteiger partial charge in [0.1, 0.15) is 5.54 Å². The van der Waals surface area contributed by atoms with Gasteiger partial charge in [-0.05, 0) is 55.5 Å². The van der Waals surface area contributed by atoms with Gasteiger partial charge in [0.05, 0.1) is 0 Å². The molecule has 1 aliphatic carbocycles. The number of carboxylic acid groups (broad SMARTS) is 1. The summed E-state index contributed by atoms with van der Waals surface area (Å²) < 4.78 is 0. The van der Waals surface area contributed by atoms with Crippen LogP contribution in [-0.2, 0) is 11.2 Å². The quantitative estimate of drug-likeness (QED) is 0.479. The van der Waals surface area contributed by atoms with Crippen LogP contribution in [0.2, 0.25) is 11.3 Å². The van der Waals surface area contributed by atoms with E-state index in [0.29, 0.717) is 25.2 Å². The zero-order valence-electron chi connectivity index (χ0n) is 15.0. The number of carboxylic acids is 1. The van der Waals surface area contributed by atoms with Crippen LogP contribution in [0.3, 0.4) is 0 Å². The first-order valence-corrected chi connectivity index (χ1v) is 9.84. The Morgan fingerprint density at radius 2 is 2.19 bits per heavy atom. The molecule has 26 heavy (non-hydrogen) atoms. The van der Waals surface area contributed by atoms with Crippen molar-refractivity contribution in [2.24, 2.45) is 11.7 Å². The minimum atomic E-state index is -1.19. The normalized spacial score (nSPS) is 25.0. The number of likely N-dealkylation sites (tertiary alicyclic amines) is 1. The van der Waals surface area contributed by atoms with Crippen molar-refractivity contribution in [2.45, 2.75) is 56.4 Å². The number of nitrogens with zero attached hydrogens (tertiary/aromatic N) is 1. The number of carbonyl (C=O) groups is 1. The van der Waals surface area contributed by atoms with Crippen LogP contribution in [0.1, 0.15) is 49.3 Å². The number of nitrogens with two attached hydrogens (primary N) is 1. The molecular weight excluding hydrogens is 350 g/mol. The first kappa shape index (κ1) is 19.7. The van der Waals surface area contributed by atoms with Gasteiger partial charge >= 0.3 is 5.97 Å². The van der Waals surface area contributed by atoms with E-state index in [4.69, 9.17) is 22.4 Å². The lowest BCUT2D eigenvalue weighted by Gasteiger charge is -2.32. The van der Waals surface area contributed by atoms with Gasteiger partial charge in [-0.25, -0.2) is 0 Å². The number of hydrogen-bond acceptors (Lipinski definition) is 4. The molecule has 141 valence electrons. The van der Waals surface area contributed by atoms with Crippen LogP contribution in [0, 0.1) is 5.92 Å². The molecule has 0 spiro atoms. The van der Waals surface area contributed by atoms with E-state index >= 15 is 0 Å². The lowest BCUT2D eigenvalue weighted by atomic mass is 9.79. The number of unbranched alkanes of at least 4 members (excludes halogenated alkanes) is 1. The van der Waals surface area contributed by atoms with Crippen LogP contribution in [0.4, 0.5) is 0 Å². The molecule has 0 saturated carbocycles. The van der Waals surface area contributed by atoms with Gasteiger partial charge in [-0.3, -0.25) is 9.69 Å². The molecule has 1 aliphatic heterocycles. The summed E-state index contributed by atoms with van der Waals surface area (Å²) in [6.45, 7) is 1.61. The van der Waals surface area contributed by atoms with E-state index in [9.17, 15) is 9.90 Å². The number of hydrogen-bond donors (Lipinski definition) is 3. The second kappa shape index (κ2) is 8.30. The van der Waals surface area contributed by atoms with E-state index in [1.807, 2.05) is 12.1 Å². The minimum Gasteiger partial charge on any atom is -0.480 e. The summed E-state index contributed by atoms with van der Waals surface area (Å²) in [4.78, 5) is 14.3. The second-order valence-corrected chi connectivity index (χ2v) is 8.09. The third-order valence-corrected chi connectivity index (χ3v) is 6.35. The third-order valence-electron chi connectivity index (χ3n) is 6.11. The van der Waals surface area contributed by atoms with Gasteiger partial charge < -0.3 is 15.9 Å². The summed E-state index contributed by atoms with van der Waals surface area (Å²) in [7, 11) is 1.13. The van der Waals surface area contributed by atoms with E-state index in [-0.39, 0.29) is 5.92 Å². The maximum atomic E-state index is 11.9. The molecule has 1 aromatic rings. The molecule has 7 heteroatoms. The van der Waals surface area contributed by atoms with Gasteiger partial charge in [-0.1, -0.05) is 36.8 Å². The molecule has 1 aromatic carbocycles. The smallest absolute Gasteiger partial charge is 0.324 e. The highest BCUT2D eigenvalue weighted by atomic mass is 35.5. The molecule has 1 heterocycles. The molecule has 3 atom stereocenters. The summed E-state index contributed by atoms with van der Waals surface area (Å²) in [5.74, 6) is -0.953. The average molecular weight is 378 g/mol. The second-order valence-electron chi connectivity index (χ2n) is 7.65. The fourth-order valence-electron chi connectivity index (χ4n) is 4.57. The Morgan fingerprint density at radius 3 is 2.92 bits per heavy atom. The van der Waals surface area contributed by atoms with E-state index in [1.54, 1.807) is 0 Å². The van der Waals surface area contributed by atoms with Crippen molar-refractivity contribution in [3.8, 4) is 0 Å². The standard InChI is InChI=1S/C19H27BClN2O3/c21-15-4-5-16-13(11-15)3-6-17(16)23-10-7-14(12-23)19(22,18(24)25)8-1-2-9-20-26/h4-5,11,14,17,26H,1-3,6-10,12,22H2,(H,24,25). The van der Waals surface area contributed by atoms with Gasteiger partial charge in [0.2, 0.25) is 0 Å². The zero-order valence-corrected chi connectivity index (χ0v) is 15.8. The van der Waals surface area contributed by atoms with E-state index < -0.39 is 11.5 Å². The van der Waals surface area contributed by atoms with Crippen molar-refractivity contribution in [1.29, 1.82) is 0 Å². The van der Waals surface area contributed by atoms with E-state index in [0.717, 1.165) is 51.3 Å². The van der Waals surface area contributed by atoms with Crippen LogP contribution in [-0.4, -0.2) is 47.1 Å². The molecule has 3 rings (SSSR count). The monoisotopic (exact) mass is 377 g/mol. The fraction of sp³-hybridized carbons (Fsp3) is 0.632. The fourth-order valence-corrected chi connectivity index (χ4v) is 4.77. The first-order valence-electron chi connectivity index (χ1n) is 9.46. The van der Waals surface area contributed by atoms with E-state index in [2.05, 4.69) is 11.0 Å². The number of aliphatic carboxylic acids is 1.